The number of amides is 1. The second-order valence-corrected chi connectivity index (χ2v) is 7.19. The second kappa shape index (κ2) is 7.89. The maximum Gasteiger partial charge on any atom is 0.227 e. The van der Waals surface area contributed by atoms with Crippen molar-refractivity contribution >= 4 is 22.4 Å². The predicted octanol–water partition coefficient (Wildman–Crippen LogP) is 4.83. The highest BCUT2D eigenvalue weighted by molar-refractivity contribution is 6.02. The summed E-state index contributed by atoms with van der Waals surface area (Å²) in [5.41, 5.74) is 1.99. The number of carbonyl (C=O) groups excluding carboxylic acids is 1. The van der Waals surface area contributed by atoms with E-state index in [-0.39, 0.29) is 17.6 Å². The van der Waals surface area contributed by atoms with Gasteiger partial charge in [0.2, 0.25) is 5.91 Å². The van der Waals surface area contributed by atoms with Crippen LogP contribution in [0, 0.1) is 11.7 Å². The molecule has 0 unspecified atom stereocenters. The number of fused-ring (bicyclic) bond motifs is 1. The first-order chi connectivity index (χ1) is 13.2. The molecule has 1 aliphatic rings. The largest absolute Gasteiger partial charge is 0.325 e. The fourth-order valence-corrected chi connectivity index (χ4v) is 3.77. The number of carbonyl (C=O) groups is 1. The first-order valence-corrected chi connectivity index (χ1v) is 9.44. The van der Waals surface area contributed by atoms with Gasteiger partial charge >= 0.3 is 0 Å². The van der Waals surface area contributed by atoms with Gasteiger partial charge in [-0.3, -0.25) is 9.69 Å². The number of nitrogens with one attached hydrogen (secondary N) is 1. The van der Waals surface area contributed by atoms with Crippen molar-refractivity contribution in [3.8, 4) is 0 Å². The molecule has 1 saturated heterocycles. The predicted molar refractivity (Wildman–Crippen MR) is 107 cm³/mol. The Hall–Kier alpha value is -2.72. The quantitative estimate of drug-likeness (QED) is 0.721. The Morgan fingerprint density at radius 2 is 1.67 bits per heavy atom. The number of halogens is 1. The van der Waals surface area contributed by atoms with Crippen molar-refractivity contribution in [2.24, 2.45) is 5.92 Å². The summed E-state index contributed by atoms with van der Waals surface area (Å²) in [6.07, 6.45) is 1.69. The molecule has 1 fully saturated rings. The first kappa shape index (κ1) is 17.7. The normalized spacial score (nSPS) is 15.7. The van der Waals surface area contributed by atoms with E-state index in [1.165, 1.54) is 12.1 Å². The van der Waals surface area contributed by atoms with Gasteiger partial charge in [0, 0.05) is 23.5 Å². The summed E-state index contributed by atoms with van der Waals surface area (Å²) >= 11 is 0. The number of rotatable bonds is 4. The molecule has 0 atom stereocenters. The minimum atomic E-state index is -0.206. The van der Waals surface area contributed by atoms with Crippen molar-refractivity contribution in [1.82, 2.24) is 4.90 Å². The molecule has 4 heteroatoms. The van der Waals surface area contributed by atoms with Gasteiger partial charge in [-0.25, -0.2) is 4.39 Å². The lowest BCUT2D eigenvalue weighted by atomic mass is 9.95. The molecule has 0 spiro atoms. The van der Waals surface area contributed by atoms with Gasteiger partial charge in [-0.1, -0.05) is 48.5 Å². The summed E-state index contributed by atoms with van der Waals surface area (Å²) in [6.45, 7) is 2.56. The van der Waals surface area contributed by atoms with Crippen LogP contribution in [-0.2, 0) is 11.3 Å². The summed E-state index contributed by atoms with van der Waals surface area (Å²) in [5.74, 6) is -0.0659. The van der Waals surface area contributed by atoms with Gasteiger partial charge in [-0.05, 0) is 55.1 Å². The fourth-order valence-electron chi connectivity index (χ4n) is 3.77. The average Bonchev–Trinajstić information content (AvgIpc) is 2.70. The van der Waals surface area contributed by atoms with E-state index in [2.05, 4.69) is 22.3 Å². The van der Waals surface area contributed by atoms with Crippen LogP contribution in [0.1, 0.15) is 18.4 Å². The van der Waals surface area contributed by atoms with Crippen LogP contribution < -0.4 is 5.32 Å². The first-order valence-electron chi connectivity index (χ1n) is 9.44. The maximum absolute atomic E-state index is 13.0. The van der Waals surface area contributed by atoms with E-state index in [4.69, 9.17) is 0 Å². The number of hydrogen-bond donors (Lipinski definition) is 1. The van der Waals surface area contributed by atoms with Crippen molar-refractivity contribution < 1.29 is 9.18 Å². The number of piperidine rings is 1. The van der Waals surface area contributed by atoms with E-state index in [0.29, 0.717) is 0 Å². The highest BCUT2D eigenvalue weighted by atomic mass is 19.1. The summed E-state index contributed by atoms with van der Waals surface area (Å²) in [7, 11) is 0. The van der Waals surface area contributed by atoms with Crippen LogP contribution in [0.15, 0.2) is 66.7 Å². The smallest absolute Gasteiger partial charge is 0.227 e. The molecule has 1 amide bonds. The van der Waals surface area contributed by atoms with Crippen molar-refractivity contribution in [3.05, 3.63) is 78.1 Å². The van der Waals surface area contributed by atoms with Crippen LogP contribution in [0.2, 0.25) is 0 Å². The number of likely N-dealkylation sites (tertiary alicyclic amines) is 1. The molecule has 0 radical (unpaired) electrons. The zero-order valence-corrected chi connectivity index (χ0v) is 15.2. The van der Waals surface area contributed by atoms with Crippen LogP contribution in [-0.4, -0.2) is 23.9 Å². The average molecular weight is 362 g/mol. The third kappa shape index (κ3) is 4.17. The lowest BCUT2D eigenvalue weighted by Gasteiger charge is -2.31. The van der Waals surface area contributed by atoms with Gasteiger partial charge < -0.3 is 5.32 Å². The van der Waals surface area contributed by atoms with E-state index in [0.717, 1.165) is 54.5 Å². The molecule has 3 aromatic rings. The zero-order chi connectivity index (χ0) is 18.6. The highest BCUT2D eigenvalue weighted by Gasteiger charge is 2.25. The van der Waals surface area contributed by atoms with Gasteiger partial charge in [0.05, 0.1) is 0 Å². The van der Waals surface area contributed by atoms with Crippen molar-refractivity contribution in [2.75, 3.05) is 18.4 Å². The lowest BCUT2D eigenvalue weighted by Crippen LogP contribution is -2.37. The van der Waals surface area contributed by atoms with Crippen LogP contribution in [0.5, 0.6) is 0 Å². The molecule has 3 aromatic carbocycles. The van der Waals surface area contributed by atoms with E-state index in [1.807, 2.05) is 42.5 Å². The van der Waals surface area contributed by atoms with Gasteiger partial charge in [0.15, 0.2) is 0 Å². The molecule has 0 aromatic heterocycles. The summed E-state index contributed by atoms with van der Waals surface area (Å²) in [4.78, 5) is 15.1. The molecular formula is C23H23FN2O. The summed E-state index contributed by atoms with van der Waals surface area (Å²) < 4.78 is 13.0. The Bertz CT molecular complexity index is 925. The third-order valence-electron chi connectivity index (χ3n) is 5.33. The molecule has 1 heterocycles. The van der Waals surface area contributed by atoms with Crippen LogP contribution >= 0.6 is 0 Å². The lowest BCUT2D eigenvalue weighted by molar-refractivity contribution is -0.121. The van der Waals surface area contributed by atoms with Crippen molar-refractivity contribution in [2.45, 2.75) is 19.4 Å². The Kier molecular flexibility index (Phi) is 5.16. The highest BCUT2D eigenvalue weighted by Crippen LogP contribution is 2.25. The Labute approximate surface area is 158 Å². The molecule has 27 heavy (non-hydrogen) atoms. The molecule has 4 rings (SSSR count). The monoisotopic (exact) mass is 362 g/mol. The minimum absolute atomic E-state index is 0.0356. The van der Waals surface area contributed by atoms with Gasteiger partial charge in [-0.2, -0.15) is 0 Å². The molecule has 0 aliphatic carbocycles. The summed E-state index contributed by atoms with van der Waals surface area (Å²) in [6, 6.07) is 20.7. The number of hydrogen-bond acceptors (Lipinski definition) is 2. The molecular weight excluding hydrogens is 339 g/mol. The molecule has 1 N–H and O–H groups in total. The van der Waals surface area contributed by atoms with Crippen LogP contribution in [0.4, 0.5) is 10.1 Å². The third-order valence-corrected chi connectivity index (χ3v) is 5.33. The fraction of sp³-hybridized carbons (Fsp3) is 0.261. The van der Waals surface area contributed by atoms with Gasteiger partial charge in [0.1, 0.15) is 5.82 Å². The molecule has 0 bridgehead atoms. The van der Waals surface area contributed by atoms with Gasteiger partial charge in [-0.15, -0.1) is 0 Å². The molecule has 1 aliphatic heterocycles. The Morgan fingerprint density at radius 1 is 0.963 bits per heavy atom. The SMILES string of the molecule is O=C(Nc1cccc2ccccc12)C1CCN(Cc2ccc(F)cc2)CC1. The van der Waals surface area contributed by atoms with Gasteiger partial charge in [0.25, 0.3) is 0 Å². The molecule has 3 nitrogen and oxygen atoms in total. The maximum atomic E-state index is 13.0. The minimum Gasteiger partial charge on any atom is -0.325 e. The van der Waals surface area contributed by atoms with E-state index in [1.54, 1.807) is 0 Å². The number of nitrogens with zero attached hydrogens (tertiary/aromatic N) is 1. The Balaban J connectivity index is 1.35. The van der Waals surface area contributed by atoms with Crippen LogP contribution in [0.25, 0.3) is 10.8 Å². The van der Waals surface area contributed by atoms with E-state index >= 15 is 0 Å². The molecule has 0 saturated carbocycles. The van der Waals surface area contributed by atoms with Crippen molar-refractivity contribution in [3.63, 3.8) is 0 Å². The Morgan fingerprint density at radius 3 is 2.44 bits per heavy atom. The number of anilines is 1. The zero-order valence-electron chi connectivity index (χ0n) is 15.2. The standard InChI is InChI=1S/C23H23FN2O/c24-20-10-8-17(9-11-20)16-26-14-12-19(13-15-26)23(27)25-22-7-3-5-18-4-1-2-6-21(18)22/h1-11,19H,12-16H2,(H,25,27). The number of benzene rings is 3. The molecule has 138 valence electrons. The van der Waals surface area contributed by atoms with Crippen molar-refractivity contribution in [1.29, 1.82) is 0 Å². The van der Waals surface area contributed by atoms with E-state index < -0.39 is 0 Å². The van der Waals surface area contributed by atoms with Crippen LogP contribution in [0.3, 0.4) is 0 Å². The summed E-state index contributed by atoms with van der Waals surface area (Å²) in [5, 5.41) is 5.33. The second-order valence-electron chi connectivity index (χ2n) is 7.19. The topological polar surface area (TPSA) is 32.3 Å². The van der Waals surface area contributed by atoms with E-state index in [9.17, 15) is 9.18 Å².